The van der Waals surface area contributed by atoms with E-state index in [-0.39, 0.29) is 5.91 Å². The molecular formula is C12H12ClN3OS. The number of carbonyl (C=O) groups excluding carboxylic acids is 1. The molecule has 0 atom stereocenters. The van der Waals surface area contributed by atoms with Crippen LogP contribution in [-0.2, 0) is 6.42 Å². The van der Waals surface area contributed by atoms with Crippen molar-refractivity contribution >= 4 is 34.7 Å². The number of aryl methyl sites for hydroxylation is 1. The molecule has 0 spiro atoms. The summed E-state index contributed by atoms with van der Waals surface area (Å²) in [7, 11) is 0. The van der Waals surface area contributed by atoms with Crippen LogP contribution in [0.2, 0.25) is 0 Å². The van der Waals surface area contributed by atoms with E-state index in [4.69, 9.17) is 11.6 Å². The van der Waals surface area contributed by atoms with Crippen LogP contribution in [-0.4, -0.2) is 21.4 Å². The standard InChI is InChI=1S/C12H12ClN3OS/c13-6-2-4-9-3-1-5-10(7-9)14-12(17)11-8-18-16-15-11/h1,3,5,7-8H,2,4,6H2,(H,14,17). The molecule has 1 aromatic heterocycles. The predicted octanol–water partition coefficient (Wildman–Crippen LogP) is 2.96. The Morgan fingerprint density at radius 2 is 2.33 bits per heavy atom. The van der Waals surface area contributed by atoms with Crippen LogP contribution < -0.4 is 5.32 Å². The average molecular weight is 282 g/mol. The zero-order valence-corrected chi connectivity index (χ0v) is 11.2. The van der Waals surface area contributed by atoms with E-state index in [0.29, 0.717) is 11.6 Å². The van der Waals surface area contributed by atoms with Gasteiger partial charge in [-0.2, -0.15) is 0 Å². The highest BCUT2D eigenvalue weighted by molar-refractivity contribution is 7.03. The number of nitrogens with one attached hydrogen (secondary N) is 1. The van der Waals surface area contributed by atoms with Crippen molar-refractivity contribution in [3.8, 4) is 0 Å². The number of aromatic nitrogens is 2. The molecule has 18 heavy (non-hydrogen) atoms. The monoisotopic (exact) mass is 281 g/mol. The summed E-state index contributed by atoms with van der Waals surface area (Å²) < 4.78 is 3.66. The number of carbonyl (C=O) groups is 1. The Bertz CT molecular complexity index is 516. The van der Waals surface area contributed by atoms with Crippen molar-refractivity contribution < 1.29 is 4.79 Å². The van der Waals surface area contributed by atoms with E-state index < -0.39 is 0 Å². The number of benzene rings is 1. The van der Waals surface area contributed by atoms with Crippen molar-refractivity contribution in [1.29, 1.82) is 0 Å². The van der Waals surface area contributed by atoms with Crippen molar-refractivity contribution in [1.82, 2.24) is 9.59 Å². The average Bonchev–Trinajstić information content (AvgIpc) is 2.91. The van der Waals surface area contributed by atoms with Gasteiger partial charge in [0.25, 0.3) is 5.91 Å². The maximum Gasteiger partial charge on any atom is 0.277 e. The first-order chi connectivity index (χ1) is 8.79. The molecule has 0 radical (unpaired) electrons. The molecule has 2 rings (SSSR count). The Hall–Kier alpha value is -1.46. The summed E-state index contributed by atoms with van der Waals surface area (Å²) in [4.78, 5) is 11.8. The third-order valence-electron chi connectivity index (χ3n) is 2.38. The van der Waals surface area contributed by atoms with Gasteiger partial charge in [-0.3, -0.25) is 4.79 Å². The van der Waals surface area contributed by atoms with E-state index in [1.807, 2.05) is 24.3 Å². The molecule has 4 nitrogen and oxygen atoms in total. The van der Waals surface area contributed by atoms with E-state index in [1.165, 1.54) is 0 Å². The third kappa shape index (κ3) is 3.51. The van der Waals surface area contributed by atoms with Crippen LogP contribution in [0.3, 0.4) is 0 Å². The summed E-state index contributed by atoms with van der Waals surface area (Å²) in [5.74, 6) is 0.402. The van der Waals surface area contributed by atoms with Crippen molar-refractivity contribution in [2.45, 2.75) is 12.8 Å². The Balaban J connectivity index is 2.03. The number of rotatable bonds is 5. The lowest BCUT2D eigenvalue weighted by Crippen LogP contribution is -2.12. The highest BCUT2D eigenvalue weighted by Gasteiger charge is 2.08. The Kier molecular flexibility index (Phi) is 4.66. The molecule has 2 aromatic rings. The fourth-order valence-corrected chi connectivity index (χ4v) is 2.10. The topological polar surface area (TPSA) is 54.9 Å². The predicted molar refractivity (Wildman–Crippen MR) is 73.3 cm³/mol. The van der Waals surface area contributed by atoms with Crippen LogP contribution in [0.5, 0.6) is 0 Å². The number of hydrogen-bond donors (Lipinski definition) is 1. The molecule has 0 saturated carbocycles. The molecule has 0 aliphatic carbocycles. The number of nitrogens with zero attached hydrogens (tertiary/aromatic N) is 2. The smallest absolute Gasteiger partial charge is 0.277 e. The van der Waals surface area contributed by atoms with Crippen LogP contribution in [0, 0.1) is 0 Å². The maximum absolute atomic E-state index is 11.8. The van der Waals surface area contributed by atoms with Gasteiger partial charge in [-0.15, -0.1) is 16.7 Å². The molecule has 0 saturated heterocycles. The molecule has 0 aliphatic rings. The minimum absolute atomic E-state index is 0.238. The highest BCUT2D eigenvalue weighted by atomic mass is 35.5. The quantitative estimate of drug-likeness (QED) is 0.857. The third-order valence-corrected chi connectivity index (χ3v) is 3.15. The Morgan fingerprint density at radius 3 is 3.06 bits per heavy atom. The number of amides is 1. The largest absolute Gasteiger partial charge is 0.321 e. The van der Waals surface area contributed by atoms with Gasteiger partial charge in [0.05, 0.1) is 0 Å². The lowest BCUT2D eigenvalue weighted by atomic mass is 10.1. The lowest BCUT2D eigenvalue weighted by Gasteiger charge is -2.05. The van der Waals surface area contributed by atoms with E-state index in [1.54, 1.807) is 5.38 Å². The van der Waals surface area contributed by atoms with Crippen molar-refractivity contribution in [2.24, 2.45) is 0 Å². The summed E-state index contributed by atoms with van der Waals surface area (Å²) in [6.07, 6.45) is 1.83. The van der Waals surface area contributed by atoms with Gasteiger partial charge >= 0.3 is 0 Å². The molecule has 1 heterocycles. The van der Waals surface area contributed by atoms with Crippen LogP contribution >= 0.6 is 23.1 Å². The molecule has 0 bridgehead atoms. The zero-order chi connectivity index (χ0) is 12.8. The second-order valence-corrected chi connectivity index (χ2v) is 4.72. The Labute approximate surface area is 114 Å². The molecule has 94 valence electrons. The number of alkyl halides is 1. The molecule has 6 heteroatoms. The minimum atomic E-state index is -0.238. The van der Waals surface area contributed by atoms with E-state index in [2.05, 4.69) is 14.9 Å². The van der Waals surface area contributed by atoms with Crippen LogP contribution in [0.15, 0.2) is 29.6 Å². The van der Waals surface area contributed by atoms with Gasteiger partial charge in [-0.05, 0) is 42.1 Å². The molecule has 0 fully saturated rings. The summed E-state index contributed by atoms with van der Waals surface area (Å²) in [5, 5.41) is 8.13. The van der Waals surface area contributed by atoms with Crippen molar-refractivity contribution in [3.63, 3.8) is 0 Å². The van der Waals surface area contributed by atoms with Gasteiger partial charge in [0.15, 0.2) is 5.69 Å². The summed E-state index contributed by atoms with van der Waals surface area (Å²) in [6.45, 7) is 0. The molecule has 1 amide bonds. The second-order valence-electron chi connectivity index (χ2n) is 3.74. The molecule has 0 aliphatic heterocycles. The van der Waals surface area contributed by atoms with E-state index >= 15 is 0 Å². The molecule has 0 unspecified atom stereocenters. The second kappa shape index (κ2) is 6.47. The van der Waals surface area contributed by atoms with Gasteiger partial charge in [-0.1, -0.05) is 16.6 Å². The van der Waals surface area contributed by atoms with Gasteiger partial charge in [-0.25, -0.2) is 0 Å². The van der Waals surface area contributed by atoms with E-state index in [0.717, 1.165) is 35.6 Å². The zero-order valence-electron chi connectivity index (χ0n) is 9.60. The number of anilines is 1. The normalized spacial score (nSPS) is 10.3. The van der Waals surface area contributed by atoms with Crippen molar-refractivity contribution in [3.05, 3.63) is 40.9 Å². The highest BCUT2D eigenvalue weighted by Crippen LogP contribution is 2.13. The van der Waals surface area contributed by atoms with Crippen LogP contribution in [0.4, 0.5) is 5.69 Å². The summed E-state index contributed by atoms with van der Waals surface area (Å²) >= 11 is 6.82. The Morgan fingerprint density at radius 1 is 1.44 bits per heavy atom. The molecule has 1 aromatic carbocycles. The first-order valence-corrected chi connectivity index (χ1v) is 6.90. The van der Waals surface area contributed by atoms with Crippen LogP contribution in [0.1, 0.15) is 22.5 Å². The first-order valence-electron chi connectivity index (χ1n) is 5.53. The molecular weight excluding hydrogens is 270 g/mol. The lowest BCUT2D eigenvalue weighted by molar-refractivity contribution is 0.102. The fourth-order valence-electron chi connectivity index (χ4n) is 1.53. The van der Waals surface area contributed by atoms with Gasteiger partial charge in [0, 0.05) is 16.9 Å². The van der Waals surface area contributed by atoms with E-state index in [9.17, 15) is 4.79 Å². The molecule has 1 N–H and O–H groups in total. The number of halogens is 1. The van der Waals surface area contributed by atoms with Gasteiger partial charge in [0.2, 0.25) is 0 Å². The SMILES string of the molecule is O=C(Nc1cccc(CCCCl)c1)c1csnn1. The first kappa shape index (κ1) is 13.0. The fraction of sp³-hybridized carbons (Fsp3) is 0.250. The van der Waals surface area contributed by atoms with Gasteiger partial charge in [0.1, 0.15) is 0 Å². The van der Waals surface area contributed by atoms with Crippen LogP contribution in [0.25, 0.3) is 0 Å². The van der Waals surface area contributed by atoms with Crippen molar-refractivity contribution in [2.75, 3.05) is 11.2 Å². The number of hydrogen-bond acceptors (Lipinski definition) is 4. The summed E-state index contributed by atoms with van der Waals surface area (Å²) in [5.41, 5.74) is 2.26. The maximum atomic E-state index is 11.8. The minimum Gasteiger partial charge on any atom is -0.321 e. The van der Waals surface area contributed by atoms with Gasteiger partial charge < -0.3 is 5.32 Å². The summed E-state index contributed by atoms with van der Waals surface area (Å²) in [6, 6.07) is 7.73.